The van der Waals surface area contributed by atoms with Crippen molar-refractivity contribution in [1.29, 1.82) is 0 Å². The van der Waals surface area contributed by atoms with Crippen LogP contribution in [0.25, 0.3) is 0 Å². The van der Waals surface area contributed by atoms with Crippen LogP contribution in [0.15, 0.2) is 24.3 Å². The van der Waals surface area contributed by atoms with Gasteiger partial charge in [0.05, 0.1) is 11.8 Å². The zero-order chi connectivity index (χ0) is 15.5. The van der Waals surface area contributed by atoms with Gasteiger partial charge in [0.25, 0.3) is 0 Å². The predicted molar refractivity (Wildman–Crippen MR) is 81.8 cm³/mol. The van der Waals surface area contributed by atoms with Gasteiger partial charge >= 0.3 is 0 Å². The Morgan fingerprint density at radius 2 is 1.14 bits per heavy atom. The molecule has 3 rings (SSSR count). The molecule has 2 unspecified atom stereocenters. The van der Waals surface area contributed by atoms with Crippen molar-refractivity contribution in [2.75, 3.05) is 0 Å². The molecule has 0 aliphatic heterocycles. The molecule has 0 bridgehead atoms. The highest BCUT2D eigenvalue weighted by Gasteiger charge is 2.42. The maximum absolute atomic E-state index is 12.4. The first-order valence-electron chi connectivity index (χ1n) is 8.06. The van der Waals surface area contributed by atoms with Gasteiger partial charge in [-0.3, -0.25) is 14.4 Å². The molecule has 3 aliphatic carbocycles. The molecule has 0 aromatic rings. The molecule has 0 aromatic carbocycles. The summed E-state index contributed by atoms with van der Waals surface area (Å²) in [6.45, 7) is 0. The van der Waals surface area contributed by atoms with Gasteiger partial charge in [-0.15, -0.1) is 0 Å². The minimum Gasteiger partial charge on any atom is -0.352 e. The van der Waals surface area contributed by atoms with Crippen LogP contribution in [0.1, 0.15) is 38.5 Å². The van der Waals surface area contributed by atoms with E-state index in [1.165, 1.54) is 0 Å². The van der Waals surface area contributed by atoms with Gasteiger partial charge in [0, 0.05) is 24.9 Å². The zero-order valence-electron chi connectivity index (χ0n) is 12.6. The fourth-order valence-corrected chi connectivity index (χ4v) is 3.50. The molecule has 2 amide bonds. The summed E-state index contributed by atoms with van der Waals surface area (Å²) in [6.07, 6.45) is 11.9. The van der Waals surface area contributed by atoms with Crippen molar-refractivity contribution < 1.29 is 14.4 Å². The number of hydrogen-bond donors (Lipinski definition) is 2. The molecule has 0 aromatic heterocycles. The SMILES string of the molecule is O=C1CC(C(=O)NC2CC=CC2)C(C(=O)NC2CC=CC2)C1. The van der Waals surface area contributed by atoms with Crippen LogP contribution in [-0.2, 0) is 14.4 Å². The fraction of sp³-hybridized carbons (Fsp3) is 0.588. The summed E-state index contributed by atoms with van der Waals surface area (Å²) in [5, 5.41) is 5.95. The number of hydrogen-bond acceptors (Lipinski definition) is 3. The molecular weight excluding hydrogens is 280 g/mol. The summed E-state index contributed by atoms with van der Waals surface area (Å²) in [4.78, 5) is 36.6. The molecule has 5 nitrogen and oxygen atoms in total. The first-order chi connectivity index (χ1) is 10.6. The number of amides is 2. The summed E-state index contributed by atoms with van der Waals surface area (Å²) in [5.41, 5.74) is 0. The third-order valence-corrected chi connectivity index (χ3v) is 4.76. The van der Waals surface area contributed by atoms with Crippen molar-refractivity contribution in [3.8, 4) is 0 Å². The molecule has 0 spiro atoms. The van der Waals surface area contributed by atoms with Crippen molar-refractivity contribution in [1.82, 2.24) is 10.6 Å². The Hall–Kier alpha value is -1.91. The molecule has 3 aliphatic rings. The number of rotatable bonds is 4. The van der Waals surface area contributed by atoms with Crippen molar-refractivity contribution in [2.45, 2.75) is 50.6 Å². The fourth-order valence-electron chi connectivity index (χ4n) is 3.50. The Labute approximate surface area is 130 Å². The third kappa shape index (κ3) is 3.29. The lowest BCUT2D eigenvalue weighted by atomic mass is 9.93. The van der Waals surface area contributed by atoms with Crippen molar-refractivity contribution in [3.05, 3.63) is 24.3 Å². The van der Waals surface area contributed by atoms with Crippen LogP contribution >= 0.6 is 0 Å². The molecule has 0 heterocycles. The van der Waals surface area contributed by atoms with Crippen LogP contribution in [0.4, 0.5) is 0 Å². The van der Waals surface area contributed by atoms with E-state index in [0.717, 1.165) is 25.7 Å². The number of Topliss-reactive ketones (excluding diaryl/α,β-unsaturated/α-hetero) is 1. The molecule has 5 heteroatoms. The molecular formula is C17H22N2O3. The quantitative estimate of drug-likeness (QED) is 0.768. The highest BCUT2D eigenvalue weighted by atomic mass is 16.2. The molecule has 2 atom stereocenters. The van der Waals surface area contributed by atoms with Gasteiger partial charge in [0.1, 0.15) is 5.78 Å². The standard InChI is InChI=1S/C17H22N2O3/c20-13-9-14(16(21)18-11-5-1-2-6-11)15(10-13)17(22)19-12-7-3-4-8-12/h1-4,11-12,14-15H,5-10H2,(H,18,21)(H,19,22). The maximum Gasteiger partial charge on any atom is 0.224 e. The largest absolute Gasteiger partial charge is 0.352 e. The minimum absolute atomic E-state index is 0.00870. The highest BCUT2D eigenvalue weighted by Crippen LogP contribution is 2.30. The van der Waals surface area contributed by atoms with Crippen molar-refractivity contribution in [3.63, 3.8) is 0 Å². The number of carbonyl (C=O) groups excluding carboxylic acids is 3. The second kappa shape index (κ2) is 6.46. The average molecular weight is 302 g/mol. The summed E-state index contributed by atoms with van der Waals surface area (Å²) >= 11 is 0. The normalized spacial score (nSPS) is 28.5. The Balaban J connectivity index is 1.59. The summed E-state index contributed by atoms with van der Waals surface area (Å²) in [7, 11) is 0. The second-order valence-electron chi connectivity index (χ2n) is 6.46. The first-order valence-corrected chi connectivity index (χ1v) is 8.06. The van der Waals surface area contributed by atoms with E-state index in [0.29, 0.717) is 0 Å². The van der Waals surface area contributed by atoms with Gasteiger partial charge in [0.2, 0.25) is 11.8 Å². The zero-order valence-corrected chi connectivity index (χ0v) is 12.6. The van der Waals surface area contributed by atoms with E-state index < -0.39 is 11.8 Å². The Morgan fingerprint density at radius 1 is 0.773 bits per heavy atom. The molecule has 0 saturated heterocycles. The number of ketones is 1. The smallest absolute Gasteiger partial charge is 0.224 e. The van der Waals surface area contributed by atoms with Crippen LogP contribution < -0.4 is 10.6 Å². The number of carbonyl (C=O) groups is 3. The lowest BCUT2D eigenvalue weighted by molar-refractivity contribution is -0.134. The van der Waals surface area contributed by atoms with E-state index in [9.17, 15) is 14.4 Å². The van der Waals surface area contributed by atoms with Crippen LogP contribution in [0, 0.1) is 11.8 Å². The Kier molecular flexibility index (Phi) is 4.41. The van der Waals surface area contributed by atoms with Gasteiger partial charge in [-0.25, -0.2) is 0 Å². The Bertz CT molecular complexity index is 476. The monoisotopic (exact) mass is 302 g/mol. The minimum atomic E-state index is -0.512. The van der Waals surface area contributed by atoms with Crippen LogP contribution in [0.2, 0.25) is 0 Å². The van der Waals surface area contributed by atoms with Crippen LogP contribution in [0.3, 0.4) is 0 Å². The second-order valence-corrected chi connectivity index (χ2v) is 6.46. The van der Waals surface area contributed by atoms with E-state index in [2.05, 4.69) is 10.6 Å². The highest BCUT2D eigenvalue weighted by molar-refractivity contribution is 5.98. The van der Waals surface area contributed by atoms with Crippen LogP contribution in [0.5, 0.6) is 0 Å². The summed E-state index contributed by atoms with van der Waals surface area (Å²) < 4.78 is 0. The van der Waals surface area contributed by atoms with E-state index >= 15 is 0 Å². The summed E-state index contributed by atoms with van der Waals surface area (Å²) in [6, 6.07) is 0.233. The van der Waals surface area contributed by atoms with E-state index in [1.54, 1.807) is 0 Å². The lowest BCUT2D eigenvalue weighted by Gasteiger charge is -2.22. The lowest BCUT2D eigenvalue weighted by Crippen LogP contribution is -2.44. The molecule has 0 radical (unpaired) electrons. The molecule has 1 fully saturated rings. The Morgan fingerprint density at radius 3 is 1.50 bits per heavy atom. The van der Waals surface area contributed by atoms with Gasteiger partial charge in [-0.1, -0.05) is 24.3 Å². The van der Waals surface area contributed by atoms with Crippen molar-refractivity contribution in [2.24, 2.45) is 11.8 Å². The van der Waals surface area contributed by atoms with Gasteiger partial charge in [-0.2, -0.15) is 0 Å². The van der Waals surface area contributed by atoms with E-state index in [4.69, 9.17) is 0 Å². The molecule has 118 valence electrons. The molecule has 1 saturated carbocycles. The predicted octanol–water partition coefficient (Wildman–Crippen LogP) is 1.25. The van der Waals surface area contributed by atoms with Gasteiger partial charge in [0.15, 0.2) is 0 Å². The molecule has 22 heavy (non-hydrogen) atoms. The van der Waals surface area contributed by atoms with E-state index in [-0.39, 0.29) is 42.5 Å². The van der Waals surface area contributed by atoms with Gasteiger partial charge in [-0.05, 0) is 25.7 Å². The van der Waals surface area contributed by atoms with Crippen molar-refractivity contribution >= 4 is 17.6 Å². The topological polar surface area (TPSA) is 75.3 Å². The molecule has 2 N–H and O–H groups in total. The maximum atomic E-state index is 12.4. The van der Waals surface area contributed by atoms with E-state index in [1.807, 2.05) is 24.3 Å². The average Bonchev–Trinajstić information content (AvgIpc) is 3.19. The summed E-state index contributed by atoms with van der Waals surface area (Å²) in [5.74, 6) is -1.31. The first kappa shape index (κ1) is 15.0. The van der Waals surface area contributed by atoms with Gasteiger partial charge < -0.3 is 10.6 Å². The third-order valence-electron chi connectivity index (χ3n) is 4.76. The number of nitrogens with one attached hydrogen (secondary N) is 2. The van der Waals surface area contributed by atoms with Crippen LogP contribution in [-0.4, -0.2) is 29.7 Å².